The van der Waals surface area contributed by atoms with Crippen molar-refractivity contribution < 1.29 is 0 Å². The summed E-state index contributed by atoms with van der Waals surface area (Å²) >= 11 is 2.32. The van der Waals surface area contributed by atoms with Crippen molar-refractivity contribution in [3.8, 4) is 0 Å². The molecule has 0 bridgehead atoms. The van der Waals surface area contributed by atoms with Gasteiger partial charge in [0.2, 0.25) is 0 Å². The number of halogens is 1. The topological polar surface area (TPSA) is 0 Å². The van der Waals surface area contributed by atoms with Crippen LogP contribution in [0, 0.1) is 0 Å². The number of hydrogen-bond donors (Lipinski definition) is 0. The molecule has 1 rings (SSSR count). The Morgan fingerprint density at radius 2 is 1.41 bits per heavy atom. The van der Waals surface area contributed by atoms with Gasteiger partial charge in [-0.25, -0.2) is 0 Å². The van der Waals surface area contributed by atoms with Gasteiger partial charge in [-0.15, -0.1) is 0 Å². The van der Waals surface area contributed by atoms with Gasteiger partial charge < -0.3 is 0 Å². The van der Waals surface area contributed by atoms with E-state index < -0.39 is 0 Å². The predicted octanol–water partition coefficient (Wildman–Crippen LogP) is 5.60. The molecule has 0 N–H and O–H groups in total. The maximum Gasteiger partial charge on any atom is -0.00590 e. The fraction of sp³-hybridized carbons (Fsp3) is 0.500. The SMILES string of the molecule is C=C(I)CC(C)(C)c1ccc(C(C)(C)C)cc1. The van der Waals surface area contributed by atoms with Crippen LogP contribution in [0.4, 0.5) is 0 Å². The van der Waals surface area contributed by atoms with Gasteiger partial charge in [-0.3, -0.25) is 0 Å². The lowest BCUT2D eigenvalue weighted by atomic mass is 9.79. The largest absolute Gasteiger partial charge is 0.0897 e. The minimum Gasteiger partial charge on any atom is -0.0897 e. The summed E-state index contributed by atoms with van der Waals surface area (Å²) < 4.78 is 1.22. The maximum atomic E-state index is 4.01. The lowest BCUT2D eigenvalue weighted by Crippen LogP contribution is -2.18. The Bertz CT molecular complexity index is 391. The van der Waals surface area contributed by atoms with E-state index in [9.17, 15) is 0 Å². The number of allylic oxidation sites excluding steroid dienone is 1. The highest BCUT2D eigenvalue weighted by Crippen LogP contribution is 2.33. The monoisotopic (exact) mass is 342 g/mol. The van der Waals surface area contributed by atoms with Crippen molar-refractivity contribution in [1.29, 1.82) is 0 Å². The van der Waals surface area contributed by atoms with E-state index in [0.29, 0.717) is 0 Å². The van der Waals surface area contributed by atoms with Crippen molar-refractivity contribution >= 4 is 22.6 Å². The number of benzene rings is 1. The molecule has 94 valence electrons. The van der Waals surface area contributed by atoms with Crippen LogP contribution in [0.25, 0.3) is 0 Å². The van der Waals surface area contributed by atoms with Crippen molar-refractivity contribution in [2.45, 2.75) is 51.9 Å². The molecule has 0 radical (unpaired) electrons. The molecule has 0 aliphatic heterocycles. The van der Waals surface area contributed by atoms with Crippen molar-refractivity contribution in [2.24, 2.45) is 0 Å². The van der Waals surface area contributed by atoms with E-state index in [2.05, 4.69) is 88.1 Å². The van der Waals surface area contributed by atoms with Gasteiger partial charge >= 0.3 is 0 Å². The fourth-order valence-electron chi connectivity index (χ4n) is 2.00. The second-order valence-corrected chi connectivity index (χ2v) is 7.93. The first-order valence-corrected chi connectivity index (χ1v) is 7.15. The van der Waals surface area contributed by atoms with E-state index in [-0.39, 0.29) is 10.8 Å². The first-order valence-electron chi connectivity index (χ1n) is 6.07. The third-order valence-electron chi connectivity index (χ3n) is 3.17. The maximum absolute atomic E-state index is 4.01. The second kappa shape index (κ2) is 5.13. The molecule has 1 aromatic rings. The number of hydrogen-bond acceptors (Lipinski definition) is 0. The molecular weight excluding hydrogens is 319 g/mol. The van der Waals surface area contributed by atoms with Crippen molar-refractivity contribution in [1.82, 2.24) is 0 Å². The van der Waals surface area contributed by atoms with Crippen molar-refractivity contribution in [2.75, 3.05) is 0 Å². The minimum absolute atomic E-state index is 0.175. The normalized spacial score (nSPS) is 12.6. The van der Waals surface area contributed by atoms with Gasteiger partial charge in [0, 0.05) is 0 Å². The third-order valence-corrected chi connectivity index (χ3v) is 3.55. The summed E-state index contributed by atoms with van der Waals surface area (Å²) in [7, 11) is 0. The van der Waals surface area contributed by atoms with Gasteiger partial charge in [0.1, 0.15) is 0 Å². The van der Waals surface area contributed by atoms with Gasteiger partial charge in [0.05, 0.1) is 0 Å². The minimum atomic E-state index is 0.175. The zero-order valence-corrected chi connectivity index (χ0v) is 13.8. The third kappa shape index (κ3) is 4.13. The molecule has 0 nitrogen and oxygen atoms in total. The van der Waals surface area contributed by atoms with Gasteiger partial charge in [-0.1, -0.05) is 65.5 Å². The highest BCUT2D eigenvalue weighted by atomic mass is 127. The Kier molecular flexibility index (Phi) is 4.45. The molecule has 0 aliphatic carbocycles. The van der Waals surface area contributed by atoms with Crippen molar-refractivity contribution in [3.05, 3.63) is 45.6 Å². The van der Waals surface area contributed by atoms with E-state index in [1.807, 2.05) is 0 Å². The molecule has 1 aromatic carbocycles. The Morgan fingerprint density at radius 1 is 1.00 bits per heavy atom. The van der Waals surface area contributed by atoms with E-state index in [0.717, 1.165) is 6.42 Å². The smallest absolute Gasteiger partial charge is 0.00590 e. The first-order chi connectivity index (χ1) is 7.63. The lowest BCUT2D eigenvalue weighted by molar-refractivity contribution is 0.530. The Morgan fingerprint density at radius 3 is 1.76 bits per heavy atom. The summed E-state index contributed by atoms with van der Waals surface area (Å²) in [6.07, 6.45) is 1.03. The summed E-state index contributed by atoms with van der Waals surface area (Å²) in [5, 5.41) is 0. The zero-order chi connectivity index (χ0) is 13.3. The van der Waals surface area contributed by atoms with Crippen molar-refractivity contribution in [3.63, 3.8) is 0 Å². The van der Waals surface area contributed by atoms with E-state index in [1.54, 1.807) is 0 Å². The molecule has 0 atom stereocenters. The summed E-state index contributed by atoms with van der Waals surface area (Å²) in [4.78, 5) is 0. The van der Waals surface area contributed by atoms with Crippen LogP contribution in [0.15, 0.2) is 34.4 Å². The molecule has 0 spiro atoms. The van der Waals surface area contributed by atoms with Crippen LogP contribution in [-0.2, 0) is 10.8 Å². The zero-order valence-electron chi connectivity index (χ0n) is 11.6. The number of rotatable bonds is 3. The Labute approximate surface area is 120 Å². The van der Waals surface area contributed by atoms with Crippen LogP contribution in [0.5, 0.6) is 0 Å². The average Bonchev–Trinajstić information content (AvgIpc) is 2.14. The molecule has 0 aromatic heterocycles. The predicted molar refractivity (Wildman–Crippen MR) is 85.9 cm³/mol. The summed E-state index contributed by atoms with van der Waals surface area (Å²) in [6.45, 7) is 15.3. The molecule has 0 fully saturated rings. The van der Waals surface area contributed by atoms with Crippen LogP contribution < -0.4 is 0 Å². The molecule has 0 amide bonds. The molecule has 0 unspecified atom stereocenters. The van der Waals surface area contributed by atoms with Gasteiger partial charge in [-0.2, -0.15) is 0 Å². The van der Waals surface area contributed by atoms with Crippen LogP contribution in [0.2, 0.25) is 0 Å². The molecule has 1 heteroatoms. The highest BCUT2D eigenvalue weighted by Gasteiger charge is 2.22. The molecule has 17 heavy (non-hydrogen) atoms. The molecule has 0 saturated carbocycles. The molecule has 0 saturated heterocycles. The van der Waals surface area contributed by atoms with Crippen LogP contribution >= 0.6 is 22.6 Å². The highest BCUT2D eigenvalue weighted by molar-refractivity contribution is 14.1. The van der Waals surface area contributed by atoms with E-state index >= 15 is 0 Å². The molecular formula is C16H23I. The van der Waals surface area contributed by atoms with Gasteiger partial charge in [0.15, 0.2) is 0 Å². The van der Waals surface area contributed by atoms with E-state index in [4.69, 9.17) is 0 Å². The summed E-state index contributed by atoms with van der Waals surface area (Å²) in [6, 6.07) is 9.04. The fourth-order valence-corrected chi connectivity index (χ4v) is 2.96. The average molecular weight is 342 g/mol. The first kappa shape index (κ1) is 14.7. The Balaban J connectivity index is 2.98. The molecule has 0 heterocycles. The van der Waals surface area contributed by atoms with E-state index in [1.165, 1.54) is 14.7 Å². The second-order valence-electron chi connectivity index (χ2n) is 6.41. The standard InChI is InChI=1S/C16H23I/c1-12(17)11-16(5,6)14-9-7-13(8-10-14)15(2,3)4/h7-10H,1,11H2,2-6H3. The van der Waals surface area contributed by atoms with Crippen LogP contribution in [0.1, 0.15) is 52.2 Å². The van der Waals surface area contributed by atoms with Gasteiger partial charge in [-0.05, 0) is 54.5 Å². The Hall–Kier alpha value is -0.310. The summed E-state index contributed by atoms with van der Waals surface area (Å²) in [5.74, 6) is 0. The summed E-state index contributed by atoms with van der Waals surface area (Å²) in [5.41, 5.74) is 3.19. The molecule has 0 aliphatic rings. The quantitative estimate of drug-likeness (QED) is 0.627. The van der Waals surface area contributed by atoms with Crippen LogP contribution in [0.3, 0.4) is 0 Å². The lowest BCUT2D eigenvalue weighted by Gasteiger charge is -2.26. The van der Waals surface area contributed by atoms with Gasteiger partial charge in [0.25, 0.3) is 0 Å². The van der Waals surface area contributed by atoms with Crippen LogP contribution in [-0.4, -0.2) is 0 Å².